The predicted molar refractivity (Wildman–Crippen MR) is 163 cm³/mol. The summed E-state index contributed by atoms with van der Waals surface area (Å²) in [6, 6.07) is 0. The summed E-state index contributed by atoms with van der Waals surface area (Å²) in [4.78, 5) is 0. The molecule has 0 aromatic rings. The first kappa shape index (κ1) is 36.9. The van der Waals surface area contributed by atoms with Crippen LogP contribution >= 0.6 is 0 Å². The van der Waals surface area contributed by atoms with Gasteiger partial charge in [-0.25, -0.2) is 0 Å². The molecule has 0 saturated heterocycles. The van der Waals surface area contributed by atoms with Crippen molar-refractivity contribution in [3.05, 3.63) is 0 Å². The molecule has 0 saturated carbocycles. The first-order chi connectivity index (χ1) is 18.0. The second-order valence-electron chi connectivity index (χ2n) is 11.7. The van der Waals surface area contributed by atoms with Crippen LogP contribution in [-0.2, 0) is 14.2 Å². The summed E-state index contributed by atoms with van der Waals surface area (Å²) in [5, 5.41) is 0. The van der Waals surface area contributed by atoms with Gasteiger partial charge in [0.05, 0.1) is 19.8 Å². The zero-order valence-electron chi connectivity index (χ0n) is 26.7. The third-order valence-electron chi connectivity index (χ3n) is 8.33. The van der Waals surface area contributed by atoms with E-state index in [1.807, 2.05) is 0 Å². The minimum absolute atomic E-state index is 0.588. The Kier molecular flexibility index (Phi) is 26.0. The van der Waals surface area contributed by atoms with Crippen molar-refractivity contribution >= 4 is 0 Å². The molecule has 0 rings (SSSR count). The van der Waals surface area contributed by atoms with Crippen LogP contribution in [0.1, 0.15) is 177 Å². The molecule has 37 heavy (non-hydrogen) atoms. The van der Waals surface area contributed by atoms with Crippen LogP contribution in [0, 0.1) is 17.8 Å². The molecular formula is C34H70O3. The van der Waals surface area contributed by atoms with Gasteiger partial charge in [0, 0.05) is 6.42 Å². The lowest BCUT2D eigenvalue weighted by Crippen LogP contribution is -2.43. The molecule has 3 nitrogen and oxygen atoms in total. The molecule has 0 fully saturated rings. The van der Waals surface area contributed by atoms with Crippen LogP contribution in [0.15, 0.2) is 0 Å². The van der Waals surface area contributed by atoms with Crippen LogP contribution in [0.5, 0.6) is 0 Å². The molecule has 0 aliphatic heterocycles. The van der Waals surface area contributed by atoms with Crippen molar-refractivity contribution in [2.24, 2.45) is 17.8 Å². The zero-order chi connectivity index (χ0) is 27.6. The van der Waals surface area contributed by atoms with Gasteiger partial charge < -0.3 is 14.2 Å². The Bertz CT molecular complexity index is 402. The molecule has 3 heteroatoms. The maximum atomic E-state index is 6.78. The van der Waals surface area contributed by atoms with Gasteiger partial charge in [0.1, 0.15) is 0 Å². The topological polar surface area (TPSA) is 27.7 Å². The van der Waals surface area contributed by atoms with Crippen molar-refractivity contribution in [1.29, 1.82) is 0 Å². The largest absolute Gasteiger partial charge is 0.327 e. The van der Waals surface area contributed by atoms with E-state index in [4.69, 9.17) is 14.2 Å². The summed E-state index contributed by atoms with van der Waals surface area (Å²) in [7, 11) is 0. The number of ether oxygens (including phenoxy) is 3. The minimum Gasteiger partial charge on any atom is -0.327 e. The first-order valence-corrected chi connectivity index (χ1v) is 17.0. The Morgan fingerprint density at radius 3 is 1.05 bits per heavy atom. The van der Waals surface area contributed by atoms with E-state index >= 15 is 0 Å². The highest BCUT2D eigenvalue weighted by Crippen LogP contribution is 2.30. The summed E-state index contributed by atoms with van der Waals surface area (Å²) >= 11 is 0. The third kappa shape index (κ3) is 19.6. The monoisotopic (exact) mass is 527 g/mol. The Balaban J connectivity index is 5.51. The molecular weight excluding hydrogens is 456 g/mol. The highest BCUT2D eigenvalue weighted by Gasteiger charge is 2.35. The Hall–Kier alpha value is -0.120. The smallest absolute Gasteiger partial charge is 0.282 e. The standard InChI is InChI=1S/C34H70O3/c1-8-15-19-20-21-22-23-27-34(35-28-31(12-5)24-16-9-2,36-29-32(13-6)25-17-10-3)37-30-33(14-7)26-18-11-4/h31-33H,8-30H2,1-7H3. The van der Waals surface area contributed by atoms with Crippen molar-refractivity contribution in [2.75, 3.05) is 19.8 Å². The van der Waals surface area contributed by atoms with Crippen molar-refractivity contribution in [1.82, 2.24) is 0 Å². The fourth-order valence-corrected chi connectivity index (χ4v) is 5.07. The van der Waals surface area contributed by atoms with Gasteiger partial charge in [-0.3, -0.25) is 0 Å². The number of rotatable bonds is 29. The summed E-state index contributed by atoms with van der Waals surface area (Å²) in [5.41, 5.74) is 0. The second kappa shape index (κ2) is 26.1. The van der Waals surface area contributed by atoms with Crippen LogP contribution in [0.25, 0.3) is 0 Å². The average molecular weight is 527 g/mol. The maximum absolute atomic E-state index is 6.78. The van der Waals surface area contributed by atoms with Crippen molar-refractivity contribution in [3.8, 4) is 0 Å². The SMILES string of the molecule is CCCCCCCCCC(OCC(CC)CCCC)(OCC(CC)CCCC)OCC(CC)CCCC. The van der Waals surface area contributed by atoms with Crippen LogP contribution in [0.2, 0.25) is 0 Å². The quantitative estimate of drug-likeness (QED) is 0.0716. The highest BCUT2D eigenvalue weighted by atomic mass is 16.9. The molecule has 0 N–H and O–H groups in total. The minimum atomic E-state index is -0.873. The summed E-state index contributed by atoms with van der Waals surface area (Å²) < 4.78 is 20.3. The van der Waals surface area contributed by atoms with E-state index in [9.17, 15) is 0 Å². The predicted octanol–water partition coefficient (Wildman–Crippen LogP) is 11.5. The van der Waals surface area contributed by atoms with Gasteiger partial charge in [0.25, 0.3) is 5.97 Å². The van der Waals surface area contributed by atoms with Crippen LogP contribution < -0.4 is 0 Å². The third-order valence-corrected chi connectivity index (χ3v) is 8.33. The van der Waals surface area contributed by atoms with Gasteiger partial charge in [-0.15, -0.1) is 0 Å². The lowest BCUT2D eigenvalue weighted by atomic mass is 9.99. The van der Waals surface area contributed by atoms with Crippen molar-refractivity contribution < 1.29 is 14.2 Å². The van der Waals surface area contributed by atoms with Gasteiger partial charge in [0.15, 0.2) is 0 Å². The molecule has 0 aliphatic carbocycles. The van der Waals surface area contributed by atoms with Gasteiger partial charge in [0.2, 0.25) is 0 Å². The van der Waals surface area contributed by atoms with Crippen LogP contribution in [0.4, 0.5) is 0 Å². The lowest BCUT2D eigenvalue weighted by molar-refractivity contribution is -0.392. The van der Waals surface area contributed by atoms with Gasteiger partial charge >= 0.3 is 0 Å². The molecule has 0 aliphatic rings. The summed E-state index contributed by atoms with van der Waals surface area (Å²) in [5.74, 6) is 0.890. The van der Waals surface area contributed by atoms with E-state index in [1.54, 1.807) is 0 Å². The van der Waals surface area contributed by atoms with Gasteiger partial charge in [-0.2, -0.15) is 0 Å². The molecule has 0 spiro atoms. The number of unbranched alkanes of at least 4 members (excludes halogenated alkanes) is 9. The second-order valence-corrected chi connectivity index (χ2v) is 11.7. The molecule has 0 aromatic carbocycles. The maximum Gasteiger partial charge on any atom is 0.282 e. The lowest BCUT2D eigenvalue weighted by Gasteiger charge is -2.37. The molecule has 0 radical (unpaired) electrons. The Labute approximate surface area is 234 Å². The van der Waals surface area contributed by atoms with Crippen molar-refractivity contribution in [3.63, 3.8) is 0 Å². The Morgan fingerprint density at radius 1 is 0.405 bits per heavy atom. The normalized spacial score (nSPS) is 16.0. The molecule has 224 valence electrons. The van der Waals surface area contributed by atoms with E-state index in [0.29, 0.717) is 17.8 Å². The molecule has 3 atom stereocenters. The molecule has 3 unspecified atom stereocenters. The molecule has 0 aromatic heterocycles. The average Bonchev–Trinajstić information content (AvgIpc) is 2.92. The van der Waals surface area contributed by atoms with Gasteiger partial charge in [-0.1, -0.05) is 145 Å². The molecule has 0 amide bonds. The van der Waals surface area contributed by atoms with E-state index < -0.39 is 5.97 Å². The van der Waals surface area contributed by atoms with E-state index in [0.717, 1.165) is 51.9 Å². The fraction of sp³-hybridized carbons (Fsp3) is 1.00. The van der Waals surface area contributed by atoms with Crippen LogP contribution in [-0.4, -0.2) is 25.8 Å². The Morgan fingerprint density at radius 2 is 0.730 bits per heavy atom. The summed E-state index contributed by atoms with van der Waals surface area (Å²) in [6.45, 7) is 18.3. The number of hydrogen-bond donors (Lipinski definition) is 0. The van der Waals surface area contributed by atoms with Gasteiger partial charge in [-0.05, 0) is 43.4 Å². The molecule has 0 heterocycles. The zero-order valence-corrected chi connectivity index (χ0v) is 26.7. The van der Waals surface area contributed by atoms with E-state index in [-0.39, 0.29) is 0 Å². The van der Waals surface area contributed by atoms with Crippen molar-refractivity contribution in [2.45, 2.75) is 183 Å². The first-order valence-electron chi connectivity index (χ1n) is 17.0. The highest BCUT2D eigenvalue weighted by molar-refractivity contribution is 4.68. The number of hydrogen-bond acceptors (Lipinski definition) is 3. The van der Waals surface area contributed by atoms with E-state index in [1.165, 1.54) is 96.3 Å². The molecule has 0 bridgehead atoms. The van der Waals surface area contributed by atoms with Crippen LogP contribution in [0.3, 0.4) is 0 Å². The van der Waals surface area contributed by atoms with E-state index in [2.05, 4.69) is 48.5 Å². The summed E-state index contributed by atoms with van der Waals surface area (Å²) in [6.07, 6.45) is 24.7. The fourth-order valence-electron chi connectivity index (χ4n) is 5.07.